The van der Waals surface area contributed by atoms with Crippen molar-refractivity contribution in [1.29, 1.82) is 0 Å². The van der Waals surface area contributed by atoms with Crippen LogP contribution in [0.5, 0.6) is 0 Å². The van der Waals surface area contributed by atoms with E-state index in [9.17, 15) is 0 Å². The molecule has 0 bridgehead atoms. The van der Waals surface area contributed by atoms with E-state index in [1.54, 1.807) is 0 Å². The molecule has 0 heteroatoms. The Hall–Kier alpha value is 0. The van der Waals surface area contributed by atoms with Crippen molar-refractivity contribution in [1.82, 2.24) is 0 Å². The molecule has 150 valence electrons. The third-order valence-electron chi connectivity index (χ3n) is 8.64. The second kappa shape index (κ2) is 9.80. The second-order valence-corrected chi connectivity index (χ2v) is 10.6. The van der Waals surface area contributed by atoms with Crippen LogP contribution in [0.4, 0.5) is 0 Å². The molecule has 0 nitrogen and oxygen atoms in total. The van der Waals surface area contributed by atoms with Gasteiger partial charge in [-0.2, -0.15) is 0 Å². The normalized spacial score (nSPS) is 28.7. The minimum Gasteiger partial charge on any atom is -0.0654 e. The van der Waals surface area contributed by atoms with Crippen molar-refractivity contribution in [2.75, 3.05) is 0 Å². The maximum absolute atomic E-state index is 2.57. The Bertz CT molecular complexity index is 368. The van der Waals surface area contributed by atoms with Crippen LogP contribution in [-0.4, -0.2) is 0 Å². The number of hydrogen-bond donors (Lipinski definition) is 0. The van der Waals surface area contributed by atoms with Gasteiger partial charge in [-0.15, -0.1) is 0 Å². The van der Waals surface area contributed by atoms with Crippen molar-refractivity contribution < 1.29 is 0 Å². The lowest BCUT2D eigenvalue weighted by Crippen LogP contribution is -2.46. The molecule has 1 aliphatic carbocycles. The SMILES string of the molecule is CCCCC(C)CCC(CC)(CC(C)C1CC(C)(C)C1C)C(C)CC. The first-order valence-electron chi connectivity index (χ1n) is 11.6. The molecule has 0 N–H and O–H groups in total. The number of rotatable bonds is 12. The first-order chi connectivity index (χ1) is 11.6. The van der Waals surface area contributed by atoms with E-state index in [1.807, 2.05) is 0 Å². The van der Waals surface area contributed by atoms with Gasteiger partial charge in [-0.05, 0) is 59.7 Å². The highest BCUT2D eigenvalue weighted by Gasteiger charge is 2.48. The monoisotopic (exact) mass is 350 g/mol. The number of hydrogen-bond acceptors (Lipinski definition) is 0. The van der Waals surface area contributed by atoms with Crippen LogP contribution in [0.1, 0.15) is 120 Å². The molecule has 0 saturated heterocycles. The van der Waals surface area contributed by atoms with Crippen LogP contribution in [0.2, 0.25) is 0 Å². The van der Waals surface area contributed by atoms with Gasteiger partial charge in [0.2, 0.25) is 0 Å². The Morgan fingerprint density at radius 3 is 2.12 bits per heavy atom. The van der Waals surface area contributed by atoms with E-state index in [2.05, 4.69) is 62.3 Å². The fourth-order valence-corrected chi connectivity index (χ4v) is 5.76. The molecule has 0 aromatic rings. The summed E-state index contributed by atoms with van der Waals surface area (Å²) < 4.78 is 0. The molecule has 0 heterocycles. The van der Waals surface area contributed by atoms with Gasteiger partial charge >= 0.3 is 0 Å². The summed E-state index contributed by atoms with van der Waals surface area (Å²) in [6.45, 7) is 22.3. The van der Waals surface area contributed by atoms with Crippen LogP contribution in [0, 0.1) is 40.4 Å². The van der Waals surface area contributed by atoms with Crippen molar-refractivity contribution in [2.45, 2.75) is 120 Å². The average molecular weight is 351 g/mol. The van der Waals surface area contributed by atoms with Crippen molar-refractivity contribution in [3.63, 3.8) is 0 Å². The fourth-order valence-electron chi connectivity index (χ4n) is 5.76. The average Bonchev–Trinajstić information content (AvgIpc) is 2.60. The van der Waals surface area contributed by atoms with E-state index >= 15 is 0 Å². The minimum absolute atomic E-state index is 0.577. The zero-order valence-electron chi connectivity index (χ0n) is 19.3. The van der Waals surface area contributed by atoms with Crippen molar-refractivity contribution in [2.24, 2.45) is 40.4 Å². The highest BCUT2D eigenvalue weighted by atomic mass is 14.5. The van der Waals surface area contributed by atoms with Crippen LogP contribution < -0.4 is 0 Å². The molecular weight excluding hydrogens is 300 g/mol. The zero-order valence-corrected chi connectivity index (χ0v) is 19.3. The molecule has 1 aliphatic rings. The third-order valence-corrected chi connectivity index (χ3v) is 8.64. The molecule has 0 aliphatic heterocycles. The molecule has 1 saturated carbocycles. The molecule has 1 fully saturated rings. The summed E-state index contributed by atoms with van der Waals surface area (Å²) in [5, 5.41) is 0. The summed E-state index contributed by atoms with van der Waals surface area (Å²) in [6.07, 6.45) is 12.7. The van der Waals surface area contributed by atoms with Gasteiger partial charge < -0.3 is 0 Å². The molecule has 0 spiro atoms. The summed E-state index contributed by atoms with van der Waals surface area (Å²) in [7, 11) is 0. The Labute approximate surface area is 160 Å². The maximum atomic E-state index is 2.57. The largest absolute Gasteiger partial charge is 0.0654 e. The van der Waals surface area contributed by atoms with E-state index in [-0.39, 0.29) is 0 Å². The Morgan fingerprint density at radius 1 is 1.04 bits per heavy atom. The van der Waals surface area contributed by atoms with Crippen molar-refractivity contribution >= 4 is 0 Å². The second-order valence-electron chi connectivity index (χ2n) is 10.6. The van der Waals surface area contributed by atoms with Gasteiger partial charge in [-0.25, -0.2) is 0 Å². The lowest BCUT2D eigenvalue weighted by molar-refractivity contribution is -0.0502. The van der Waals surface area contributed by atoms with Gasteiger partial charge in [0.15, 0.2) is 0 Å². The minimum atomic E-state index is 0.577. The van der Waals surface area contributed by atoms with E-state index in [0.29, 0.717) is 10.8 Å². The van der Waals surface area contributed by atoms with Crippen LogP contribution in [0.3, 0.4) is 0 Å². The van der Waals surface area contributed by atoms with E-state index in [4.69, 9.17) is 0 Å². The first-order valence-corrected chi connectivity index (χ1v) is 11.6. The summed E-state index contributed by atoms with van der Waals surface area (Å²) in [5.41, 5.74) is 1.16. The van der Waals surface area contributed by atoms with E-state index in [0.717, 1.165) is 29.6 Å². The first kappa shape index (κ1) is 23.0. The van der Waals surface area contributed by atoms with Gasteiger partial charge in [0.1, 0.15) is 0 Å². The molecule has 0 aromatic heterocycles. The Balaban J connectivity index is 2.74. The van der Waals surface area contributed by atoms with E-state index < -0.39 is 0 Å². The predicted molar refractivity (Wildman–Crippen MR) is 115 cm³/mol. The topological polar surface area (TPSA) is 0 Å². The molecule has 0 amide bonds. The molecule has 25 heavy (non-hydrogen) atoms. The fraction of sp³-hybridized carbons (Fsp3) is 1.00. The molecule has 0 aromatic carbocycles. The molecule has 6 atom stereocenters. The van der Waals surface area contributed by atoms with Gasteiger partial charge in [0.25, 0.3) is 0 Å². The van der Waals surface area contributed by atoms with Crippen LogP contribution in [0.25, 0.3) is 0 Å². The van der Waals surface area contributed by atoms with Gasteiger partial charge in [-0.1, -0.05) is 101 Å². The standard InChI is InChI=1S/C25H50/c1-10-13-14-19(4)15-16-25(12-3,21(6)11-2)17-20(5)23-18-24(8,9)22(23)7/h19-23H,10-18H2,1-9H3. The number of unbranched alkanes of at least 4 members (excludes halogenated alkanes) is 1. The van der Waals surface area contributed by atoms with Crippen LogP contribution >= 0.6 is 0 Å². The maximum Gasteiger partial charge on any atom is -0.0272 e. The van der Waals surface area contributed by atoms with Crippen LogP contribution in [0.15, 0.2) is 0 Å². The quantitative estimate of drug-likeness (QED) is 0.330. The Kier molecular flexibility index (Phi) is 9.03. The Morgan fingerprint density at radius 2 is 1.68 bits per heavy atom. The van der Waals surface area contributed by atoms with Gasteiger partial charge in [0.05, 0.1) is 0 Å². The van der Waals surface area contributed by atoms with E-state index in [1.165, 1.54) is 57.8 Å². The highest BCUT2D eigenvalue weighted by Crippen LogP contribution is 2.56. The zero-order chi connectivity index (χ0) is 19.3. The lowest BCUT2D eigenvalue weighted by atomic mass is 9.51. The smallest absolute Gasteiger partial charge is 0.0272 e. The molecular formula is C25H50. The molecule has 6 unspecified atom stereocenters. The summed E-state index contributed by atoms with van der Waals surface area (Å²) in [6, 6.07) is 0. The predicted octanol–water partition coefficient (Wildman–Crippen LogP) is 8.74. The summed E-state index contributed by atoms with van der Waals surface area (Å²) in [5.74, 6) is 4.52. The van der Waals surface area contributed by atoms with Gasteiger partial charge in [0, 0.05) is 0 Å². The summed E-state index contributed by atoms with van der Waals surface area (Å²) in [4.78, 5) is 0. The lowest BCUT2D eigenvalue weighted by Gasteiger charge is -2.54. The van der Waals surface area contributed by atoms with Crippen LogP contribution in [-0.2, 0) is 0 Å². The summed E-state index contributed by atoms with van der Waals surface area (Å²) >= 11 is 0. The van der Waals surface area contributed by atoms with Crippen molar-refractivity contribution in [3.05, 3.63) is 0 Å². The van der Waals surface area contributed by atoms with Crippen molar-refractivity contribution in [3.8, 4) is 0 Å². The third kappa shape index (κ3) is 5.74. The molecule has 0 radical (unpaired) electrons. The van der Waals surface area contributed by atoms with Gasteiger partial charge in [-0.3, -0.25) is 0 Å². The highest BCUT2D eigenvalue weighted by molar-refractivity contribution is 4.97. The molecule has 1 rings (SSSR count).